The Morgan fingerprint density at radius 1 is 1.03 bits per heavy atom. The monoisotopic (exact) mass is 471 g/mol. The van der Waals surface area contributed by atoms with E-state index in [1.54, 1.807) is 32.9 Å². The van der Waals surface area contributed by atoms with E-state index in [0.29, 0.717) is 12.3 Å². The van der Waals surface area contributed by atoms with E-state index in [9.17, 15) is 14.9 Å². The number of carbonyl (C=O) groups excluding carboxylic acids is 2. The van der Waals surface area contributed by atoms with Crippen LogP contribution in [0.2, 0.25) is 0 Å². The van der Waals surface area contributed by atoms with Crippen LogP contribution in [-0.2, 0) is 20.9 Å². The molecule has 2 atom stereocenters. The Labute approximate surface area is 205 Å². The molecule has 0 spiro atoms. The van der Waals surface area contributed by atoms with Crippen molar-refractivity contribution in [2.75, 3.05) is 11.4 Å². The van der Waals surface area contributed by atoms with Gasteiger partial charge in [0.1, 0.15) is 11.6 Å². The molecule has 35 heavy (non-hydrogen) atoms. The molecule has 7 nitrogen and oxygen atoms in total. The molecule has 3 aromatic carbocycles. The molecule has 4 rings (SSSR count). The second-order valence-corrected chi connectivity index (χ2v) is 9.57. The van der Waals surface area contributed by atoms with Crippen LogP contribution in [0.25, 0.3) is 10.8 Å². The van der Waals surface area contributed by atoms with Crippen LogP contribution in [0.3, 0.4) is 0 Å². The third kappa shape index (κ3) is 5.61. The highest BCUT2D eigenvalue weighted by Crippen LogP contribution is 2.31. The molecule has 1 saturated heterocycles. The Balaban J connectivity index is 1.60. The topological polar surface area (TPSA) is 82.9 Å². The first-order valence-electron chi connectivity index (χ1n) is 11.6. The first-order chi connectivity index (χ1) is 16.8. The molecule has 0 bridgehead atoms. The van der Waals surface area contributed by atoms with E-state index in [0.717, 1.165) is 21.2 Å². The number of amides is 2. The summed E-state index contributed by atoms with van der Waals surface area (Å²) in [6, 6.07) is 21.9. The molecule has 2 amide bonds. The van der Waals surface area contributed by atoms with E-state index in [1.165, 1.54) is 4.90 Å². The lowest BCUT2D eigenvalue weighted by molar-refractivity contribution is -0.122. The maximum atomic E-state index is 13.7. The Hall–Kier alpha value is -3.89. The minimum absolute atomic E-state index is 0.201. The van der Waals surface area contributed by atoms with Crippen molar-refractivity contribution in [3.63, 3.8) is 0 Å². The zero-order valence-electron chi connectivity index (χ0n) is 20.2. The maximum absolute atomic E-state index is 13.7. The predicted octanol–water partition coefficient (Wildman–Crippen LogP) is 5.25. The van der Waals surface area contributed by atoms with Gasteiger partial charge < -0.3 is 9.47 Å². The SMILES string of the molecule is CC(C)(C)OC(=O)N1CC(OCc2ccccc2)CC1C(=O)N(C#N)c1cccc2ccccc12. The van der Waals surface area contributed by atoms with Crippen molar-refractivity contribution in [2.24, 2.45) is 0 Å². The zero-order chi connectivity index (χ0) is 25.0. The lowest BCUT2D eigenvalue weighted by atomic mass is 10.1. The number of hydrogen-bond donors (Lipinski definition) is 0. The summed E-state index contributed by atoms with van der Waals surface area (Å²) < 4.78 is 11.6. The van der Waals surface area contributed by atoms with E-state index in [1.807, 2.05) is 66.9 Å². The molecule has 1 aliphatic rings. The van der Waals surface area contributed by atoms with Crippen LogP contribution in [0, 0.1) is 11.5 Å². The largest absolute Gasteiger partial charge is 0.444 e. The molecule has 0 radical (unpaired) electrons. The summed E-state index contributed by atoms with van der Waals surface area (Å²) in [6.45, 7) is 5.89. The minimum atomic E-state index is -0.885. The van der Waals surface area contributed by atoms with Crippen LogP contribution in [0.5, 0.6) is 0 Å². The summed E-state index contributed by atoms with van der Waals surface area (Å²) >= 11 is 0. The molecule has 1 fully saturated rings. The molecule has 1 aliphatic heterocycles. The number of fused-ring (bicyclic) bond motifs is 1. The van der Waals surface area contributed by atoms with Crippen LogP contribution in [0.15, 0.2) is 72.8 Å². The summed E-state index contributed by atoms with van der Waals surface area (Å²) in [5.74, 6) is -0.486. The zero-order valence-corrected chi connectivity index (χ0v) is 20.2. The van der Waals surface area contributed by atoms with Gasteiger partial charge in [0.05, 0.1) is 24.9 Å². The number of benzene rings is 3. The molecular weight excluding hydrogens is 442 g/mol. The van der Waals surface area contributed by atoms with Gasteiger partial charge in [0, 0.05) is 11.8 Å². The van der Waals surface area contributed by atoms with Gasteiger partial charge in [-0.1, -0.05) is 66.7 Å². The van der Waals surface area contributed by atoms with Crippen molar-refractivity contribution in [1.82, 2.24) is 4.90 Å². The summed E-state index contributed by atoms with van der Waals surface area (Å²) in [4.78, 5) is 29.2. The fourth-order valence-corrected chi connectivity index (χ4v) is 4.24. The fourth-order valence-electron chi connectivity index (χ4n) is 4.24. The van der Waals surface area contributed by atoms with Crippen LogP contribution in [0.4, 0.5) is 10.5 Å². The van der Waals surface area contributed by atoms with Crippen molar-refractivity contribution < 1.29 is 19.1 Å². The molecule has 0 saturated carbocycles. The highest BCUT2D eigenvalue weighted by molar-refractivity contribution is 6.08. The number of rotatable bonds is 5. The van der Waals surface area contributed by atoms with Crippen molar-refractivity contribution in [3.8, 4) is 6.19 Å². The third-order valence-corrected chi connectivity index (χ3v) is 5.83. The second kappa shape index (κ2) is 10.2. The molecule has 0 aromatic heterocycles. The smallest absolute Gasteiger partial charge is 0.411 e. The lowest BCUT2D eigenvalue weighted by Gasteiger charge is -2.29. The van der Waals surface area contributed by atoms with E-state index < -0.39 is 23.6 Å². The summed E-state index contributed by atoms with van der Waals surface area (Å²) in [7, 11) is 0. The Bertz CT molecular complexity index is 1240. The van der Waals surface area contributed by atoms with E-state index in [-0.39, 0.29) is 19.1 Å². The highest BCUT2D eigenvalue weighted by atomic mass is 16.6. The average Bonchev–Trinajstić information content (AvgIpc) is 3.28. The van der Waals surface area contributed by atoms with Crippen LogP contribution in [0.1, 0.15) is 32.8 Å². The number of nitrogens with zero attached hydrogens (tertiary/aromatic N) is 3. The van der Waals surface area contributed by atoms with Crippen molar-refractivity contribution in [1.29, 1.82) is 5.26 Å². The summed E-state index contributed by atoms with van der Waals surface area (Å²) in [5, 5.41) is 11.7. The van der Waals surface area contributed by atoms with Gasteiger partial charge in [-0.3, -0.25) is 9.69 Å². The molecule has 2 unspecified atom stereocenters. The molecule has 0 aliphatic carbocycles. The Morgan fingerprint density at radius 3 is 2.43 bits per heavy atom. The second-order valence-electron chi connectivity index (χ2n) is 9.57. The first kappa shape index (κ1) is 24.2. The van der Waals surface area contributed by atoms with Gasteiger partial charge in [0.2, 0.25) is 0 Å². The number of ether oxygens (including phenoxy) is 2. The molecular formula is C28H29N3O4. The van der Waals surface area contributed by atoms with Gasteiger partial charge in [0.25, 0.3) is 5.91 Å². The standard InChI is InChI=1S/C28H29N3O4/c1-28(2,3)35-27(33)30-17-22(34-18-20-10-5-4-6-11-20)16-25(30)26(32)31(19-29)24-15-9-13-21-12-7-8-14-23(21)24/h4-15,22,25H,16-18H2,1-3H3. The van der Waals surface area contributed by atoms with Crippen LogP contribution >= 0.6 is 0 Å². The minimum Gasteiger partial charge on any atom is -0.444 e. The summed E-state index contributed by atoms with van der Waals surface area (Å²) in [5.41, 5.74) is 0.756. The third-order valence-electron chi connectivity index (χ3n) is 5.83. The van der Waals surface area contributed by atoms with Crippen molar-refractivity contribution in [2.45, 2.75) is 51.5 Å². The normalized spacial score (nSPS) is 17.7. The van der Waals surface area contributed by atoms with E-state index in [4.69, 9.17) is 9.47 Å². The van der Waals surface area contributed by atoms with Crippen molar-refractivity contribution in [3.05, 3.63) is 78.4 Å². The molecule has 1 heterocycles. The molecule has 180 valence electrons. The average molecular weight is 472 g/mol. The highest BCUT2D eigenvalue weighted by Gasteiger charge is 2.44. The van der Waals surface area contributed by atoms with Crippen LogP contribution in [-0.4, -0.2) is 41.2 Å². The molecule has 0 N–H and O–H groups in total. The number of carbonyl (C=O) groups is 2. The number of anilines is 1. The Kier molecular flexibility index (Phi) is 7.04. The van der Waals surface area contributed by atoms with E-state index >= 15 is 0 Å². The quantitative estimate of drug-likeness (QED) is 0.375. The van der Waals surface area contributed by atoms with Gasteiger partial charge >= 0.3 is 6.09 Å². The number of nitriles is 1. The predicted molar refractivity (Wildman–Crippen MR) is 133 cm³/mol. The molecule has 7 heteroatoms. The lowest BCUT2D eigenvalue weighted by Crippen LogP contribution is -2.48. The number of likely N-dealkylation sites (tertiary alicyclic amines) is 1. The van der Waals surface area contributed by atoms with Gasteiger partial charge in [-0.2, -0.15) is 5.26 Å². The maximum Gasteiger partial charge on any atom is 0.411 e. The first-order valence-corrected chi connectivity index (χ1v) is 11.6. The molecule has 3 aromatic rings. The van der Waals surface area contributed by atoms with Crippen LogP contribution < -0.4 is 4.90 Å². The van der Waals surface area contributed by atoms with E-state index in [2.05, 4.69) is 0 Å². The summed E-state index contributed by atoms with van der Waals surface area (Å²) in [6.07, 6.45) is 1.33. The van der Waals surface area contributed by atoms with Gasteiger partial charge in [-0.25, -0.2) is 9.69 Å². The number of hydrogen-bond acceptors (Lipinski definition) is 5. The van der Waals surface area contributed by atoms with Gasteiger partial charge in [-0.05, 0) is 37.8 Å². The van der Waals surface area contributed by atoms with Gasteiger partial charge in [0.15, 0.2) is 6.19 Å². The fraction of sp³-hybridized carbons (Fsp3) is 0.321. The van der Waals surface area contributed by atoms with Crippen molar-refractivity contribution >= 4 is 28.5 Å². The van der Waals surface area contributed by atoms with Gasteiger partial charge in [-0.15, -0.1) is 0 Å². The Morgan fingerprint density at radius 2 is 1.71 bits per heavy atom.